The number of carbonyl (C=O) groups excluding carboxylic acids is 2. The standard InChI is InChI=1S/C36H32P2S2.2C2HF3O2.Ru/c1-25-33(35(27(3)39-25)37(29-17-9-5-10-18-29)30-19-11-6-12-20-30)34-26(2)40-28(4)36(34)38(31-21-13-7-14-22-31)32-23-15-8-16-24-32;2*3-2(4,5)1(6)7;/h5-24H,1-4H3;2*(H,6,7);/q;;;+2/p-2. The summed E-state index contributed by atoms with van der Waals surface area (Å²) in [6.45, 7) is 9.35. The molecule has 0 N–H and O–H groups in total. The van der Waals surface area contributed by atoms with E-state index in [1.165, 1.54) is 62.5 Å². The van der Waals surface area contributed by atoms with Crippen LogP contribution in [0.3, 0.4) is 0 Å². The zero-order valence-electron chi connectivity index (χ0n) is 29.5. The molecule has 15 heteroatoms. The number of benzene rings is 4. The molecular weight excluding hydrogens is 886 g/mol. The summed E-state index contributed by atoms with van der Waals surface area (Å²) in [7, 11) is -1.42. The van der Waals surface area contributed by atoms with Gasteiger partial charge in [-0.05, 0) is 64.8 Å². The first-order chi connectivity index (χ1) is 25.4. The molecule has 2 aromatic heterocycles. The third-order valence-electron chi connectivity index (χ3n) is 7.67. The Bertz CT molecular complexity index is 1930. The second-order valence-corrected chi connectivity index (χ2v) is 18.6. The minimum absolute atomic E-state index is 0. The Hall–Kier alpha value is -3.72. The molecular formula is C40H32F6O4P2RuS2. The van der Waals surface area contributed by atoms with Crippen molar-refractivity contribution in [2.24, 2.45) is 0 Å². The van der Waals surface area contributed by atoms with Gasteiger partial charge in [0.1, 0.15) is 11.9 Å². The monoisotopic (exact) mass is 918 g/mol. The summed E-state index contributed by atoms with van der Waals surface area (Å²) in [5.41, 5.74) is 2.94. The molecule has 0 atom stereocenters. The summed E-state index contributed by atoms with van der Waals surface area (Å²) in [5.74, 6) is -6.01. The topological polar surface area (TPSA) is 80.3 Å². The summed E-state index contributed by atoms with van der Waals surface area (Å²) in [6.07, 6.45) is -10.4. The number of thiophene rings is 2. The maximum Gasteiger partial charge on any atom is 2.00 e. The van der Waals surface area contributed by atoms with Gasteiger partial charge in [0.05, 0.1) is 0 Å². The molecule has 0 aliphatic heterocycles. The number of aliphatic carboxylic acids is 2. The van der Waals surface area contributed by atoms with Gasteiger partial charge in [0.15, 0.2) is 0 Å². The summed E-state index contributed by atoms with van der Waals surface area (Å²) < 4.78 is 63.1. The summed E-state index contributed by atoms with van der Waals surface area (Å²) >= 11 is 3.93. The number of carbonyl (C=O) groups is 2. The van der Waals surface area contributed by atoms with Crippen LogP contribution in [0.2, 0.25) is 0 Å². The van der Waals surface area contributed by atoms with Gasteiger partial charge < -0.3 is 19.8 Å². The van der Waals surface area contributed by atoms with Gasteiger partial charge in [-0.3, -0.25) is 0 Å². The van der Waals surface area contributed by atoms with Crippen molar-refractivity contribution in [1.82, 2.24) is 0 Å². The SMILES string of the molecule is Cc1sc(C)c(P(c2ccccc2)c2ccccc2)c1-c1c(C)sc(C)c1P(c1ccccc1)c1ccccc1.O=C([O-])C(F)(F)F.O=C([O-])C(F)(F)F.[Ru+2]. The molecule has 55 heavy (non-hydrogen) atoms. The van der Waals surface area contributed by atoms with Crippen LogP contribution in [-0.2, 0) is 29.1 Å². The molecule has 0 amide bonds. The van der Waals surface area contributed by atoms with Gasteiger partial charge in [-0.2, -0.15) is 26.3 Å². The molecule has 0 aliphatic rings. The van der Waals surface area contributed by atoms with Gasteiger partial charge in [-0.1, -0.05) is 121 Å². The van der Waals surface area contributed by atoms with Crippen LogP contribution in [0.4, 0.5) is 26.3 Å². The molecule has 0 aliphatic carbocycles. The first-order valence-electron chi connectivity index (χ1n) is 16.0. The molecule has 0 spiro atoms. The molecule has 0 radical (unpaired) electrons. The van der Waals surface area contributed by atoms with Crippen LogP contribution < -0.4 is 42.0 Å². The Morgan fingerprint density at radius 1 is 0.455 bits per heavy atom. The Balaban J connectivity index is 0.000000463. The number of carboxylic acid groups (broad SMARTS) is 2. The average molecular weight is 918 g/mol. The van der Waals surface area contributed by atoms with E-state index in [1.54, 1.807) is 0 Å². The Morgan fingerprint density at radius 2 is 0.655 bits per heavy atom. The minimum atomic E-state index is -5.19. The van der Waals surface area contributed by atoms with Crippen molar-refractivity contribution in [3.63, 3.8) is 0 Å². The summed E-state index contributed by atoms with van der Waals surface area (Å²) in [4.78, 5) is 23.3. The number of carboxylic acids is 2. The number of hydrogen-bond acceptors (Lipinski definition) is 6. The molecule has 6 rings (SSSR count). The number of hydrogen-bond donors (Lipinski definition) is 0. The molecule has 2 heterocycles. The van der Waals surface area contributed by atoms with E-state index in [0.29, 0.717) is 0 Å². The third-order valence-corrected chi connectivity index (χ3v) is 15.3. The largest absolute Gasteiger partial charge is 2.00 e. The molecule has 0 fully saturated rings. The maximum atomic E-state index is 10.5. The van der Waals surface area contributed by atoms with Crippen LogP contribution in [0, 0.1) is 27.7 Å². The number of rotatable bonds is 7. The van der Waals surface area contributed by atoms with E-state index in [0.717, 1.165) is 0 Å². The van der Waals surface area contributed by atoms with Crippen molar-refractivity contribution in [3.8, 4) is 11.1 Å². The first-order valence-corrected chi connectivity index (χ1v) is 20.3. The quantitative estimate of drug-likeness (QED) is 0.100. The fourth-order valence-electron chi connectivity index (χ4n) is 5.59. The molecule has 0 saturated heterocycles. The third kappa shape index (κ3) is 11.7. The number of halogens is 6. The van der Waals surface area contributed by atoms with Crippen LogP contribution in [0.25, 0.3) is 11.1 Å². The minimum Gasteiger partial charge on any atom is -0.542 e. The van der Waals surface area contributed by atoms with Crippen molar-refractivity contribution in [2.45, 2.75) is 40.0 Å². The predicted octanol–water partition coefficient (Wildman–Crippen LogP) is 6.82. The Kier molecular flexibility index (Phi) is 16.5. The smallest absolute Gasteiger partial charge is 0.542 e. The normalized spacial score (nSPS) is 11.2. The predicted molar refractivity (Wildman–Crippen MR) is 206 cm³/mol. The molecule has 0 saturated carbocycles. The van der Waals surface area contributed by atoms with Crippen LogP contribution in [0.5, 0.6) is 0 Å². The van der Waals surface area contributed by atoms with Crippen LogP contribution in [0.15, 0.2) is 121 Å². The van der Waals surface area contributed by atoms with Crippen molar-refractivity contribution in [3.05, 3.63) is 141 Å². The van der Waals surface area contributed by atoms with E-state index in [4.69, 9.17) is 19.8 Å². The zero-order valence-corrected chi connectivity index (χ0v) is 34.7. The zero-order chi connectivity index (χ0) is 39.8. The van der Waals surface area contributed by atoms with Crippen molar-refractivity contribution in [2.75, 3.05) is 0 Å². The maximum absolute atomic E-state index is 10.5. The van der Waals surface area contributed by atoms with E-state index in [9.17, 15) is 26.3 Å². The van der Waals surface area contributed by atoms with Crippen LogP contribution >= 0.6 is 38.5 Å². The van der Waals surface area contributed by atoms with Gasteiger partial charge >= 0.3 is 31.8 Å². The Labute approximate surface area is 338 Å². The van der Waals surface area contributed by atoms with Gasteiger partial charge in [-0.15, -0.1) is 22.7 Å². The molecule has 4 nitrogen and oxygen atoms in total. The van der Waals surface area contributed by atoms with Gasteiger partial charge in [-0.25, -0.2) is 0 Å². The van der Waals surface area contributed by atoms with Gasteiger partial charge in [0, 0.05) is 41.2 Å². The van der Waals surface area contributed by atoms with Crippen LogP contribution in [0.1, 0.15) is 19.5 Å². The second kappa shape index (κ2) is 19.9. The van der Waals surface area contributed by atoms with E-state index in [2.05, 4.69) is 149 Å². The molecule has 4 aromatic carbocycles. The van der Waals surface area contributed by atoms with Crippen LogP contribution in [-0.4, -0.2) is 24.3 Å². The summed E-state index contributed by atoms with van der Waals surface area (Å²) in [6, 6.07) is 44.6. The van der Waals surface area contributed by atoms with Gasteiger partial charge in [0.2, 0.25) is 0 Å². The van der Waals surface area contributed by atoms with E-state index < -0.39 is 40.1 Å². The summed E-state index contributed by atoms with van der Waals surface area (Å²) in [5, 5.41) is 26.2. The van der Waals surface area contributed by atoms with Crippen molar-refractivity contribution < 1.29 is 65.6 Å². The van der Waals surface area contributed by atoms with Crippen molar-refractivity contribution >= 4 is 82.3 Å². The second-order valence-electron chi connectivity index (χ2n) is 11.5. The average Bonchev–Trinajstić information content (AvgIpc) is 3.57. The van der Waals surface area contributed by atoms with Crippen molar-refractivity contribution in [1.29, 1.82) is 0 Å². The van der Waals surface area contributed by atoms with E-state index >= 15 is 0 Å². The fraction of sp³-hybridized carbons (Fsp3) is 0.150. The van der Waals surface area contributed by atoms with Gasteiger partial charge in [0.25, 0.3) is 0 Å². The first kappa shape index (κ1) is 45.7. The molecule has 0 unspecified atom stereocenters. The number of aryl methyl sites for hydroxylation is 4. The molecule has 288 valence electrons. The number of alkyl halides is 6. The van der Waals surface area contributed by atoms with E-state index in [1.807, 2.05) is 22.7 Å². The molecule has 0 bridgehead atoms. The molecule has 6 aromatic rings. The Morgan fingerprint density at radius 3 is 0.836 bits per heavy atom. The van der Waals surface area contributed by atoms with E-state index in [-0.39, 0.29) is 19.5 Å². The fourth-order valence-corrected chi connectivity index (χ4v) is 13.6.